The first-order chi connectivity index (χ1) is 12.3. The van der Waals surface area contributed by atoms with E-state index in [2.05, 4.69) is 15.5 Å². The van der Waals surface area contributed by atoms with Crippen LogP contribution in [-0.2, 0) is 0 Å². The molecular formula is C19H16FN5. The monoisotopic (exact) mass is 333 g/mol. The number of fused-ring (bicyclic) bond motifs is 3. The molecule has 2 aromatic carbocycles. The quantitative estimate of drug-likeness (QED) is 0.615. The molecule has 0 spiro atoms. The lowest BCUT2D eigenvalue weighted by atomic mass is 10.2. The standard InChI is InChI=1S/C19H16FN5/c20-14-9-7-13(8-10-14)17-23-24-18-15-3-1-2-4-16(15)22-19(25(17)18)21-11-12-5-6-12/h1-4,7-10,12H,5-6,11H2,(H,21,22). The number of rotatable bonds is 4. The lowest BCUT2D eigenvalue weighted by Gasteiger charge is -2.11. The number of anilines is 1. The summed E-state index contributed by atoms with van der Waals surface area (Å²) >= 11 is 0. The highest BCUT2D eigenvalue weighted by atomic mass is 19.1. The topological polar surface area (TPSA) is 55.1 Å². The molecule has 0 unspecified atom stereocenters. The number of nitrogens with zero attached hydrogens (tertiary/aromatic N) is 4. The summed E-state index contributed by atoms with van der Waals surface area (Å²) in [6, 6.07) is 14.2. The van der Waals surface area contributed by atoms with Crippen LogP contribution in [0.2, 0.25) is 0 Å². The van der Waals surface area contributed by atoms with Crippen molar-refractivity contribution in [3.63, 3.8) is 0 Å². The van der Waals surface area contributed by atoms with Crippen LogP contribution < -0.4 is 5.32 Å². The second-order valence-corrected chi connectivity index (χ2v) is 6.47. The van der Waals surface area contributed by atoms with Crippen molar-refractivity contribution in [2.24, 2.45) is 5.92 Å². The van der Waals surface area contributed by atoms with Crippen LogP contribution in [0.5, 0.6) is 0 Å². The van der Waals surface area contributed by atoms with Crippen molar-refractivity contribution in [3.8, 4) is 11.4 Å². The molecule has 1 N–H and O–H groups in total. The first kappa shape index (κ1) is 14.3. The van der Waals surface area contributed by atoms with Crippen LogP contribution in [0.1, 0.15) is 12.8 Å². The van der Waals surface area contributed by atoms with Crippen molar-refractivity contribution in [1.82, 2.24) is 19.6 Å². The minimum absolute atomic E-state index is 0.270. The Morgan fingerprint density at radius 1 is 1.04 bits per heavy atom. The van der Waals surface area contributed by atoms with Crippen molar-refractivity contribution in [2.75, 3.05) is 11.9 Å². The van der Waals surface area contributed by atoms with Crippen LogP contribution in [0.15, 0.2) is 48.5 Å². The smallest absolute Gasteiger partial charge is 0.211 e. The van der Waals surface area contributed by atoms with Crippen molar-refractivity contribution in [2.45, 2.75) is 12.8 Å². The molecule has 2 heterocycles. The van der Waals surface area contributed by atoms with Crippen molar-refractivity contribution >= 4 is 22.5 Å². The number of hydrogen-bond acceptors (Lipinski definition) is 4. The average molecular weight is 333 g/mol. The zero-order valence-electron chi connectivity index (χ0n) is 13.5. The van der Waals surface area contributed by atoms with Gasteiger partial charge in [0.15, 0.2) is 11.5 Å². The fraction of sp³-hybridized carbons (Fsp3) is 0.211. The fourth-order valence-corrected chi connectivity index (χ4v) is 3.05. The number of nitrogens with one attached hydrogen (secondary N) is 1. The molecule has 0 atom stereocenters. The third-order valence-corrected chi connectivity index (χ3v) is 4.59. The SMILES string of the molecule is Fc1ccc(-c2nnc3c4ccccc4nc(NCC4CC4)n23)cc1. The van der Waals surface area contributed by atoms with Gasteiger partial charge in [0.2, 0.25) is 5.95 Å². The van der Waals surface area contributed by atoms with Gasteiger partial charge in [-0.15, -0.1) is 10.2 Å². The Kier molecular flexibility index (Phi) is 3.16. The summed E-state index contributed by atoms with van der Waals surface area (Å²) in [5, 5.41) is 13.1. The molecular weight excluding hydrogens is 317 g/mol. The molecule has 0 saturated heterocycles. The van der Waals surface area contributed by atoms with Crippen LogP contribution in [-0.4, -0.2) is 26.1 Å². The summed E-state index contributed by atoms with van der Waals surface area (Å²) in [6.45, 7) is 0.890. The molecule has 25 heavy (non-hydrogen) atoms. The molecule has 1 aliphatic carbocycles. The Morgan fingerprint density at radius 2 is 1.84 bits per heavy atom. The number of aromatic nitrogens is 4. The van der Waals surface area contributed by atoms with E-state index in [-0.39, 0.29) is 5.82 Å². The second-order valence-electron chi connectivity index (χ2n) is 6.47. The van der Waals surface area contributed by atoms with Crippen molar-refractivity contribution < 1.29 is 4.39 Å². The third kappa shape index (κ3) is 2.50. The van der Waals surface area contributed by atoms with Crippen LogP contribution in [0.3, 0.4) is 0 Å². The van der Waals surface area contributed by atoms with Crippen molar-refractivity contribution in [3.05, 3.63) is 54.3 Å². The molecule has 6 heteroatoms. The van der Waals surface area contributed by atoms with Gasteiger partial charge in [-0.25, -0.2) is 13.8 Å². The first-order valence-corrected chi connectivity index (χ1v) is 8.43. The highest BCUT2D eigenvalue weighted by Crippen LogP contribution is 2.30. The van der Waals surface area contributed by atoms with Gasteiger partial charge in [-0.1, -0.05) is 12.1 Å². The minimum Gasteiger partial charge on any atom is -0.355 e. The minimum atomic E-state index is -0.270. The van der Waals surface area contributed by atoms with E-state index >= 15 is 0 Å². The van der Waals surface area contributed by atoms with Gasteiger partial charge in [-0.2, -0.15) is 0 Å². The predicted molar refractivity (Wildman–Crippen MR) is 94.9 cm³/mol. The van der Waals surface area contributed by atoms with Gasteiger partial charge in [-0.05, 0) is 55.2 Å². The largest absolute Gasteiger partial charge is 0.355 e. The molecule has 1 aliphatic rings. The van der Waals surface area contributed by atoms with Gasteiger partial charge in [0.25, 0.3) is 0 Å². The predicted octanol–water partition coefficient (Wildman–Crippen LogP) is 3.91. The maximum Gasteiger partial charge on any atom is 0.211 e. The van der Waals surface area contributed by atoms with Gasteiger partial charge >= 0.3 is 0 Å². The molecule has 4 aromatic rings. The molecule has 0 radical (unpaired) electrons. The highest BCUT2D eigenvalue weighted by Gasteiger charge is 2.22. The zero-order valence-corrected chi connectivity index (χ0v) is 13.5. The van der Waals surface area contributed by atoms with E-state index in [1.165, 1.54) is 25.0 Å². The Balaban J connectivity index is 1.74. The summed E-state index contributed by atoms with van der Waals surface area (Å²) in [5.41, 5.74) is 2.44. The van der Waals surface area contributed by atoms with Crippen molar-refractivity contribution in [1.29, 1.82) is 0 Å². The molecule has 1 saturated carbocycles. The van der Waals surface area contributed by atoms with Gasteiger partial charge in [-0.3, -0.25) is 0 Å². The van der Waals surface area contributed by atoms with E-state index in [1.807, 2.05) is 28.7 Å². The Morgan fingerprint density at radius 3 is 2.64 bits per heavy atom. The molecule has 5 rings (SSSR count). The normalized spacial score (nSPS) is 14.3. The third-order valence-electron chi connectivity index (χ3n) is 4.59. The lowest BCUT2D eigenvalue weighted by molar-refractivity contribution is 0.628. The first-order valence-electron chi connectivity index (χ1n) is 8.43. The van der Waals surface area contributed by atoms with Crippen LogP contribution in [0.4, 0.5) is 10.3 Å². The van der Waals surface area contributed by atoms with Crippen LogP contribution in [0.25, 0.3) is 27.9 Å². The summed E-state index contributed by atoms with van der Waals surface area (Å²) in [7, 11) is 0. The highest BCUT2D eigenvalue weighted by molar-refractivity contribution is 5.93. The van der Waals surface area contributed by atoms with Gasteiger partial charge < -0.3 is 5.32 Å². The Bertz CT molecular complexity index is 1070. The van der Waals surface area contributed by atoms with E-state index in [1.54, 1.807) is 12.1 Å². The van der Waals surface area contributed by atoms with Gasteiger partial charge in [0.1, 0.15) is 5.82 Å². The lowest BCUT2D eigenvalue weighted by Crippen LogP contribution is -2.10. The van der Waals surface area contributed by atoms with Gasteiger partial charge in [0, 0.05) is 17.5 Å². The van der Waals surface area contributed by atoms with E-state index in [0.717, 1.165) is 34.6 Å². The summed E-state index contributed by atoms with van der Waals surface area (Å²) in [5.74, 6) is 1.83. The van der Waals surface area contributed by atoms with E-state index in [0.29, 0.717) is 11.7 Å². The molecule has 0 aliphatic heterocycles. The molecule has 0 bridgehead atoms. The Labute approximate surface area is 143 Å². The molecule has 2 aromatic heterocycles. The molecule has 1 fully saturated rings. The van der Waals surface area contributed by atoms with Crippen LogP contribution in [0, 0.1) is 11.7 Å². The number of para-hydroxylation sites is 1. The number of benzene rings is 2. The fourth-order valence-electron chi connectivity index (χ4n) is 3.05. The van der Waals surface area contributed by atoms with E-state index in [4.69, 9.17) is 4.98 Å². The van der Waals surface area contributed by atoms with Gasteiger partial charge in [0.05, 0.1) is 5.52 Å². The maximum absolute atomic E-state index is 13.3. The summed E-state index contributed by atoms with van der Waals surface area (Å²) in [4.78, 5) is 4.78. The zero-order chi connectivity index (χ0) is 16.8. The molecule has 124 valence electrons. The van der Waals surface area contributed by atoms with Crippen LogP contribution >= 0.6 is 0 Å². The number of halogens is 1. The average Bonchev–Trinajstić information content (AvgIpc) is 3.37. The molecule has 0 amide bonds. The Hall–Kier alpha value is -3.02. The van der Waals surface area contributed by atoms with E-state index < -0.39 is 0 Å². The summed E-state index contributed by atoms with van der Waals surface area (Å²) < 4.78 is 15.2. The molecule has 5 nitrogen and oxygen atoms in total. The van der Waals surface area contributed by atoms with E-state index in [9.17, 15) is 4.39 Å². The maximum atomic E-state index is 13.3. The summed E-state index contributed by atoms with van der Waals surface area (Å²) in [6.07, 6.45) is 2.52. The number of hydrogen-bond donors (Lipinski definition) is 1. The second kappa shape index (κ2) is 5.51.